The number of rotatable bonds is 5. The van der Waals surface area contributed by atoms with Crippen LogP contribution in [0.2, 0.25) is 0 Å². The van der Waals surface area contributed by atoms with Gasteiger partial charge in [0.25, 0.3) is 0 Å². The molecule has 1 aromatic rings. The van der Waals surface area contributed by atoms with Gasteiger partial charge in [0, 0.05) is 31.4 Å². The number of benzene rings is 1. The number of anilines is 1. The van der Waals surface area contributed by atoms with E-state index in [1.54, 1.807) is 12.1 Å². The van der Waals surface area contributed by atoms with Crippen LogP contribution in [0.4, 0.5) is 10.1 Å². The molecule has 0 aromatic heterocycles. The second-order valence-corrected chi connectivity index (χ2v) is 5.34. The van der Waals surface area contributed by atoms with Crippen LogP contribution < -0.4 is 10.2 Å². The lowest BCUT2D eigenvalue weighted by Crippen LogP contribution is -2.37. The second-order valence-electron chi connectivity index (χ2n) is 5.34. The van der Waals surface area contributed by atoms with E-state index in [2.05, 4.69) is 16.8 Å². The molecule has 1 aliphatic heterocycles. The van der Waals surface area contributed by atoms with Crippen molar-refractivity contribution in [2.24, 2.45) is 0 Å². The lowest BCUT2D eigenvalue weighted by Gasteiger charge is -2.34. The van der Waals surface area contributed by atoms with Gasteiger partial charge in [0.05, 0.1) is 6.10 Å². The maximum Gasteiger partial charge on any atom is 0.123 e. The predicted octanol–water partition coefficient (Wildman–Crippen LogP) is 2.62. The van der Waals surface area contributed by atoms with Crippen molar-refractivity contribution in [1.29, 1.82) is 0 Å². The van der Waals surface area contributed by atoms with E-state index in [0.29, 0.717) is 6.54 Å². The highest BCUT2D eigenvalue weighted by molar-refractivity contribution is 5.55. The van der Waals surface area contributed by atoms with Gasteiger partial charge in [-0.1, -0.05) is 6.08 Å². The number of nitrogens with one attached hydrogen (secondary N) is 1. The SMILES string of the molecule is C=CCNC(C)c1cc(F)ccc1N1CCC(O)CC1. The van der Waals surface area contributed by atoms with Crippen molar-refractivity contribution >= 4 is 5.69 Å². The molecule has 0 amide bonds. The van der Waals surface area contributed by atoms with E-state index in [1.807, 2.05) is 13.0 Å². The molecule has 1 atom stereocenters. The Hall–Kier alpha value is -1.39. The largest absolute Gasteiger partial charge is 0.393 e. The fourth-order valence-corrected chi connectivity index (χ4v) is 2.64. The van der Waals surface area contributed by atoms with Gasteiger partial charge in [0.1, 0.15) is 5.82 Å². The van der Waals surface area contributed by atoms with Gasteiger partial charge in [0.15, 0.2) is 0 Å². The summed E-state index contributed by atoms with van der Waals surface area (Å²) in [4.78, 5) is 2.23. The normalized spacial score (nSPS) is 18.1. The summed E-state index contributed by atoms with van der Waals surface area (Å²) in [5, 5.41) is 12.9. The zero-order chi connectivity index (χ0) is 14.5. The van der Waals surface area contributed by atoms with Gasteiger partial charge >= 0.3 is 0 Å². The molecule has 2 rings (SSSR count). The van der Waals surface area contributed by atoms with Crippen molar-refractivity contribution < 1.29 is 9.50 Å². The molecule has 0 aliphatic carbocycles. The Kier molecular flexibility index (Phi) is 5.15. The summed E-state index contributed by atoms with van der Waals surface area (Å²) in [5.41, 5.74) is 2.02. The van der Waals surface area contributed by atoms with Gasteiger partial charge in [-0.15, -0.1) is 6.58 Å². The molecule has 20 heavy (non-hydrogen) atoms. The molecule has 1 aliphatic rings. The first-order valence-corrected chi connectivity index (χ1v) is 7.18. The molecule has 1 fully saturated rings. The Bertz CT molecular complexity index is 456. The predicted molar refractivity (Wildman–Crippen MR) is 80.5 cm³/mol. The molecule has 0 bridgehead atoms. The summed E-state index contributed by atoms with van der Waals surface area (Å²) in [6.07, 6.45) is 3.13. The van der Waals surface area contributed by atoms with Crippen LogP contribution in [-0.2, 0) is 0 Å². The number of halogens is 1. The van der Waals surface area contributed by atoms with Crippen LogP contribution in [0.25, 0.3) is 0 Å². The molecule has 1 aromatic carbocycles. The van der Waals surface area contributed by atoms with Crippen LogP contribution in [-0.4, -0.2) is 30.8 Å². The minimum atomic E-state index is -0.215. The second kappa shape index (κ2) is 6.86. The van der Waals surface area contributed by atoms with E-state index in [9.17, 15) is 9.50 Å². The van der Waals surface area contributed by atoms with Crippen molar-refractivity contribution in [3.8, 4) is 0 Å². The van der Waals surface area contributed by atoms with Gasteiger partial charge in [0.2, 0.25) is 0 Å². The average Bonchev–Trinajstić information content (AvgIpc) is 2.46. The average molecular weight is 278 g/mol. The number of hydrogen-bond donors (Lipinski definition) is 2. The van der Waals surface area contributed by atoms with Crippen LogP contribution in [0.1, 0.15) is 31.4 Å². The number of piperidine rings is 1. The molecule has 0 spiro atoms. The molecule has 1 heterocycles. The Balaban J connectivity index is 2.21. The minimum absolute atomic E-state index is 0.0607. The fourth-order valence-electron chi connectivity index (χ4n) is 2.64. The summed E-state index contributed by atoms with van der Waals surface area (Å²) in [6, 6.07) is 5.00. The van der Waals surface area contributed by atoms with E-state index < -0.39 is 0 Å². The summed E-state index contributed by atoms with van der Waals surface area (Å²) >= 11 is 0. The van der Waals surface area contributed by atoms with Gasteiger partial charge in [-0.2, -0.15) is 0 Å². The molecular weight excluding hydrogens is 255 g/mol. The topological polar surface area (TPSA) is 35.5 Å². The van der Waals surface area contributed by atoms with E-state index >= 15 is 0 Å². The van der Waals surface area contributed by atoms with Crippen molar-refractivity contribution in [3.63, 3.8) is 0 Å². The fraction of sp³-hybridized carbons (Fsp3) is 0.500. The van der Waals surface area contributed by atoms with Crippen molar-refractivity contribution in [2.45, 2.75) is 31.9 Å². The van der Waals surface area contributed by atoms with Crippen molar-refractivity contribution in [3.05, 3.63) is 42.2 Å². The molecule has 3 nitrogen and oxygen atoms in total. The molecule has 4 heteroatoms. The van der Waals surface area contributed by atoms with Crippen molar-refractivity contribution in [1.82, 2.24) is 5.32 Å². The van der Waals surface area contributed by atoms with E-state index in [0.717, 1.165) is 37.2 Å². The van der Waals surface area contributed by atoms with Gasteiger partial charge in [-0.05, 0) is 43.5 Å². The number of nitrogens with zero attached hydrogens (tertiary/aromatic N) is 1. The summed E-state index contributed by atoms with van der Waals surface area (Å²) in [5.74, 6) is -0.215. The maximum absolute atomic E-state index is 13.6. The first-order valence-electron chi connectivity index (χ1n) is 7.18. The molecule has 1 unspecified atom stereocenters. The molecule has 0 radical (unpaired) electrons. The molecule has 1 saturated heterocycles. The standard InChI is InChI=1S/C16H23FN2O/c1-3-8-18-12(2)15-11-13(17)4-5-16(15)19-9-6-14(20)7-10-19/h3-5,11-12,14,18,20H,1,6-10H2,2H3. The van der Waals surface area contributed by atoms with E-state index in [4.69, 9.17) is 0 Å². The summed E-state index contributed by atoms with van der Waals surface area (Å²) < 4.78 is 13.6. The third-order valence-electron chi connectivity index (χ3n) is 3.83. The highest BCUT2D eigenvalue weighted by Gasteiger charge is 2.21. The highest BCUT2D eigenvalue weighted by Crippen LogP contribution is 2.29. The first-order chi connectivity index (χ1) is 9.61. The Morgan fingerprint density at radius 2 is 2.20 bits per heavy atom. The van der Waals surface area contributed by atoms with E-state index in [1.165, 1.54) is 6.07 Å². The van der Waals surface area contributed by atoms with Gasteiger partial charge < -0.3 is 15.3 Å². The number of aliphatic hydroxyl groups is 1. The monoisotopic (exact) mass is 278 g/mol. The molecule has 2 N–H and O–H groups in total. The lowest BCUT2D eigenvalue weighted by molar-refractivity contribution is 0.145. The molecule has 110 valence electrons. The highest BCUT2D eigenvalue weighted by atomic mass is 19.1. The molecular formula is C16H23FN2O. The quantitative estimate of drug-likeness (QED) is 0.813. The molecule has 0 saturated carbocycles. The minimum Gasteiger partial charge on any atom is -0.393 e. The summed E-state index contributed by atoms with van der Waals surface area (Å²) in [7, 11) is 0. The third-order valence-corrected chi connectivity index (χ3v) is 3.83. The Labute approximate surface area is 120 Å². The van der Waals surface area contributed by atoms with E-state index in [-0.39, 0.29) is 18.0 Å². The zero-order valence-corrected chi connectivity index (χ0v) is 12.0. The van der Waals surface area contributed by atoms with Crippen LogP contribution in [0.15, 0.2) is 30.9 Å². The number of aliphatic hydroxyl groups excluding tert-OH is 1. The first kappa shape index (κ1) is 15.0. The zero-order valence-electron chi connectivity index (χ0n) is 12.0. The Morgan fingerprint density at radius 1 is 1.50 bits per heavy atom. The van der Waals surface area contributed by atoms with Gasteiger partial charge in [-0.25, -0.2) is 4.39 Å². The smallest absolute Gasteiger partial charge is 0.123 e. The third kappa shape index (κ3) is 3.58. The van der Waals surface area contributed by atoms with Crippen LogP contribution in [0.3, 0.4) is 0 Å². The lowest BCUT2D eigenvalue weighted by atomic mass is 10.0. The van der Waals surface area contributed by atoms with Gasteiger partial charge in [-0.3, -0.25) is 0 Å². The van der Waals surface area contributed by atoms with Crippen LogP contribution >= 0.6 is 0 Å². The van der Waals surface area contributed by atoms with Crippen molar-refractivity contribution in [2.75, 3.05) is 24.5 Å². The van der Waals surface area contributed by atoms with Crippen LogP contribution in [0.5, 0.6) is 0 Å². The Morgan fingerprint density at radius 3 is 2.85 bits per heavy atom. The summed E-state index contributed by atoms with van der Waals surface area (Å²) in [6.45, 7) is 8.04. The maximum atomic E-state index is 13.6. The van der Waals surface area contributed by atoms with Crippen LogP contribution in [0, 0.1) is 5.82 Å². The number of hydrogen-bond acceptors (Lipinski definition) is 3.